The summed E-state index contributed by atoms with van der Waals surface area (Å²) in [5, 5.41) is 0. The van der Waals surface area contributed by atoms with Crippen molar-refractivity contribution in [3.8, 4) is 5.69 Å². The maximum Gasteiger partial charge on any atom is 0.254 e. The Morgan fingerprint density at radius 3 is 2.50 bits per heavy atom. The van der Waals surface area contributed by atoms with E-state index in [-0.39, 0.29) is 5.91 Å². The predicted octanol–water partition coefficient (Wildman–Crippen LogP) is 5.78. The number of rotatable bonds is 7. The topological polar surface area (TPSA) is 38.1 Å². The molecule has 1 heterocycles. The third-order valence-corrected chi connectivity index (χ3v) is 5.31. The molecule has 30 heavy (non-hydrogen) atoms. The Kier molecular flexibility index (Phi) is 5.94. The maximum atomic E-state index is 13.4. The van der Waals surface area contributed by atoms with Crippen LogP contribution in [0.2, 0.25) is 0 Å². The number of fused-ring (bicyclic) bond motifs is 1. The zero-order chi connectivity index (χ0) is 20.9. The van der Waals surface area contributed by atoms with Crippen molar-refractivity contribution in [3.05, 3.63) is 95.8 Å². The van der Waals surface area contributed by atoms with Crippen LogP contribution in [0.1, 0.15) is 41.5 Å². The van der Waals surface area contributed by atoms with Gasteiger partial charge in [0.1, 0.15) is 5.82 Å². The molecule has 0 radical (unpaired) electrons. The predicted molar refractivity (Wildman–Crippen MR) is 122 cm³/mol. The van der Waals surface area contributed by atoms with Crippen molar-refractivity contribution in [2.45, 2.75) is 33.2 Å². The third kappa shape index (κ3) is 4.13. The van der Waals surface area contributed by atoms with Crippen LogP contribution in [-0.4, -0.2) is 26.9 Å². The molecule has 0 saturated carbocycles. The third-order valence-electron chi connectivity index (χ3n) is 5.31. The minimum absolute atomic E-state index is 0.0545. The molecule has 1 amide bonds. The van der Waals surface area contributed by atoms with Gasteiger partial charge in [-0.3, -0.25) is 9.36 Å². The number of carbonyl (C=O) groups excluding carboxylic acids is 1. The molecular weight excluding hydrogens is 370 g/mol. The van der Waals surface area contributed by atoms with E-state index in [2.05, 4.69) is 29.7 Å². The van der Waals surface area contributed by atoms with Gasteiger partial charge in [-0.25, -0.2) is 4.98 Å². The van der Waals surface area contributed by atoms with E-state index in [9.17, 15) is 4.79 Å². The van der Waals surface area contributed by atoms with Gasteiger partial charge in [0.05, 0.1) is 17.6 Å². The molecule has 152 valence electrons. The van der Waals surface area contributed by atoms with Crippen LogP contribution < -0.4 is 0 Å². The van der Waals surface area contributed by atoms with Gasteiger partial charge in [-0.2, -0.15) is 0 Å². The van der Waals surface area contributed by atoms with Gasteiger partial charge >= 0.3 is 0 Å². The average molecular weight is 398 g/mol. The summed E-state index contributed by atoms with van der Waals surface area (Å²) in [6.45, 7) is 5.34. The van der Waals surface area contributed by atoms with E-state index in [1.54, 1.807) is 0 Å². The molecule has 0 bridgehead atoms. The highest BCUT2D eigenvalue weighted by Crippen LogP contribution is 2.23. The highest BCUT2D eigenvalue weighted by Gasteiger charge is 2.20. The first kappa shape index (κ1) is 19.9. The second-order valence-electron chi connectivity index (χ2n) is 7.64. The molecule has 0 fully saturated rings. The summed E-state index contributed by atoms with van der Waals surface area (Å²) in [6.07, 6.45) is 2.00. The first-order valence-corrected chi connectivity index (χ1v) is 10.5. The molecule has 4 heteroatoms. The smallest absolute Gasteiger partial charge is 0.254 e. The number of benzene rings is 3. The Morgan fingerprint density at radius 2 is 1.73 bits per heavy atom. The Labute approximate surface area is 177 Å². The van der Waals surface area contributed by atoms with E-state index in [0.717, 1.165) is 46.5 Å². The zero-order valence-electron chi connectivity index (χ0n) is 17.6. The molecule has 0 spiro atoms. The van der Waals surface area contributed by atoms with Crippen LogP contribution in [0.3, 0.4) is 0 Å². The highest BCUT2D eigenvalue weighted by molar-refractivity contribution is 5.94. The first-order chi connectivity index (χ1) is 14.7. The molecule has 3 aromatic carbocycles. The summed E-state index contributed by atoms with van der Waals surface area (Å²) in [5.41, 5.74) is 4.87. The van der Waals surface area contributed by atoms with Crippen molar-refractivity contribution >= 4 is 16.9 Å². The lowest BCUT2D eigenvalue weighted by Gasteiger charge is -2.23. The van der Waals surface area contributed by atoms with E-state index in [1.165, 1.54) is 0 Å². The molecule has 0 atom stereocenters. The van der Waals surface area contributed by atoms with Crippen molar-refractivity contribution in [3.63, 3.8) is 0 Å². The van der Waals surface area contributed by atoms with Gasteiger partial charge in [0.2, 0.25) is 0 Å². The number of nitrogens with zero attached hydrogens (tertiary/aromatic N) is 3. The van der Waals surface area contributed by atoms with Crippen LogP contribution in [0.25, 0.3) is 16.7 Å². The largest absolute Gasteiger partial charge is 0.331 e. The molecule has 1 aromatic heterocycles. The number of hydrogen-bond acceptors (Lipinski definition) is 2. The Morgan fingerprint density at radius 1 is 0.967 bits per heavy atom. The summed E-state index contributed by atoms with van der Waals surface area (Å²) in [7, 11) is 0. The minimum Gasteiger partial charge on any atom is -0.331 e. The Balaban J connectivity index is 1.75. The number of aromatic nitrogens is 2. The van der Waals surface area contributed by atoms with Crippen LogP contribution in [0.5, 0.6) is 0 Å². The lowest BCUT2D eigenvalue weighted by molar-refractivity contribution is 0.0736. The molecule has 0 aliphatic carbocycles. The van der Waals surface area contributed by atoms with Crippen LogP contribution in [0, 0.1) is 6.92 Å². The summed E-state index contributed by atoms with van der Waals surface area (Å²) in [4.78, 5) is 20.2. The number of hydrogen-bond donors (Lipinski definition) is 0. The van der Waals surface area contributed by atoms with Crippen molar-refractivity contribution < 1.29 is 4.79 Å². The zero-order valence-corrected chi connectivity index (χ0v) is 17.6. The normalized spacial score (nSPS) is 11.0. The fourth-order valence-corrected chi connectivity index (χ4v) is 3.78. The van der Waals surface area contributed by atoms with Gasteiger partial charge in [-0.15, -0.1) is 0 Å². The fraction of sp³-hybridized carbons (Fsp3) is 0.231. The summed E-state index contributed by atoms with van der Waals surface area (Å²) in [6, 6.07) is 26.2. The SMILES string of the molecule is CCCCN(Cc1nc2ccccc2n1-c1ccccc1)C(=O)c1cccc(C)c1. The number of para-hydroxylation sites is 3. The monoisotopic (exact) mass is 397 g/mol. The lowest BCUT2D eigenvalue weighted by atomic mass is 10.1. The van der Waals surface area contributed by atoms with Crippen molar-refractivity contribution in [1.29, 1.82) is 0 Å². The lowest BCUT2D eigenvalue weighted by Crippen LogP contribution is -2.32. The van der Waals surface area contributed by atoms with Gasteiger partial charge in [-0.1, -0.05) is 61.4 Å². The van der Waals surface area contributed by atoms with E-state index >= 15 is 0 Å². The quantitative estimate of drug-likeness (QED) is 0.397. The average Bonchev–Trinajstić information content (AvgIpc) is 3.14. The summed E-state index contributed by atoms with van der Waals surface area (Å²) >= 11 is 0. The van der Waals surface area contributed by atoms with Gasteiger partial charge in [0, 0.05) is 17.8 Å². The van der Waals surface area contributed by atoms with Gasteiger partial charge < -0.3 is 4.90 Å². The highest BCUT2D eigenvalue weighted by atomic mass is 16.2. The number of carbonyl (C=O) groups is 1. The second-order valence-corrected chi connectivity index (χ2v) is 7.64. The summed E-state index contributed by atoms with van der Waals surface area (Å²) in [5.74, 6) is 0.929. The molecule has 0 aliphatic heterocycles. The molecular formula is C26H27N3O. The summed E-state index contributed by atoms with van der Waals surface area (Å²) < 4.78 is 2.16. The molecule has 4 rings (SSSR count). The van der Waals surface area contributed by atoms with Crippen LogP contribution in [-0.2, 0) is 6.54 Å². The second kappa shape index (κ2) is 8.95. The van der Waals surface area contributed by atoms with Crippen molar-refractivity contribution in [2.24, 2.45) is 0 Å². The molecule has 0 saturated heterocycles. The van der Waals surface area contributed by atoms with E-state index < -0.39 is 0 Å². The number of aryl methyl sites for hydroxylation is 1. The van der Waals surface area contributed by atoms with Crippen LogP contribution in [0.15, 0.2) is 78.9 Å². The number of imidazole rings is 1. The van der Waals surface area contributed by atoms with Crippen molar-refractivity contribution in [1.82, 2.24) is 14.5 Å². The maximum absolute atomic E-state index is 13.4. The Hall–Kier alpha value is -3.40. The fourth-order valence-electron chi connectivity index (χ4n) is 3.78. The van der Waals surface area contributed by atoms with Gasteiger partial charge in [0.15, 0.2) is 0 Å². The standard InChI is InChI=1S/C26H27N3O/c1-3-4-17-28(26(30)21-12-10-11-20(2)18-21)19-25-27-23-15-8-9-16-24(23)29(25)22-13-6-5-7-14-22/h5-16,18H,3-4,17,19H2,1-2H3. The van der Waals surface area contributed by atoms with E-state index in [4.69, 9.17) is 4.98 Å². The molecule has 4 aromatic rings. The number of unbranched alkanes of at least 4 members (excludes halogenated alkanes) is 1. The van der Waals surface area contributed by atoms with E-state index in [0.29, 0.717) is 13.1 Å². The minimum atomic E-state index is 0.0545. The molecule has 0 unspecified atom stereocenters. The van der Waals surface area contributed by atoms with Crippen LogP contribution >= 0.6 is 0 Å². The van der Waals surface area contributed by atoms with Crippen molar-refractivity contribution in [2.75, 3.05) is 6.54 Å². The Bertz CT molecular complexity index is 1150. The molecule has 0 aliphatic rings. The molecule has 4 nitrogen and oxygen atoms in total. The molecule has 0 N–H and O–H groups in total. The van der Waals surface area contributed by atoms with Crippen LogP contribution in [0.4, 0.5) is 0 Å². The van der Waals surface area contributed by atoms with Gasteiger partial charge in [-0.05, 0) is 49.7 Å². The first-order valence-electron chi connectivity index (χ1n) is 10.5. The van der Waals surface area contributed by atoms with Gasteiger partial charge in [0.25, 0.3) is 5.91 Å². The van der Waals surface area contributed by atoms with E-state index in [1.807, 2.05) is 72.5 Å². The number of amides is 1.